The van der Waals surface area contributed by atoms with Crippen LogP contribution in [-0.2, 0) is 11.3 Å². The van der Waals surface area contributed by atoms with Crippen LogP contribution in [0.5, 0.6) is 0 Å². The Kier molecular flexibility index (Phi) is 4.55. The van der Waals surface area contributed by atoms with E-state index >= 15 is 0 Å². The van der Waals surface area contributed by atoms with E-state index in [0.29, 0.717) is 30.5 Å². The molecule has 124 valence electrons. The van der Waals surface area contributed by atoms with Gasteiger partial charge in [-0.2, -0.15) is 0 Å². The fraction of sp³-hybridized carbons (Fsp3) is 0.556. The maximum Gasteiger partial charge on any atom is 0.419 e. The number of carbonyl (C=O) groups excluding carboxylic acids is 1. The topological polar surface area (TPSA) is 55.5 Å². The van der Waals surface area contributed by atoms with E-state index in [1.807, 2.05) is 30.1 Å². The first-order valence-corrected chi connectivity index (χ1v) is 8.42. The van der Waals surface area contributed by atoms with Gasteiger partial charge in [0.25, 0.3) is 0 Å². The smallest absolute Gasteiger partial charge is 0.408 e. The van der Waals surface area contributed by atoms with Gasteiger partial charge < -0.3 is 9.32 Å². The van der Waals surface area contributed by atoms with Crippen LogP contribution in [0.15, 0.2) is 33.5 Å². The molecule has 1 saturated carbocycles. The number of nitrogens with zero attached hydrogens (tertiary/aromatic N) is 2. The lowest BCUT2D eigenvalue weighted by molar-refractivity contribution is -0.133. The van der Waals surface area contributed by atoms with E-state index in [2.05, 4.69) is 6.92 Å². The number of hydrogen-bond donors (Lipinski definition) is 0. The first-order chi connectivity index (χ1) is 11.1. The third-order valence-corrected chi connectivity index (χ3v) is 5.08. The fourth-order valence-electron chi connectivity index (χ4n) is 3.67. The van der Waals surface area contributed by atoms with E-state index < -0.39 is 5.76 Å². The zero-order valence-electron chi connectivity index (χ0n) is 13.8. The van der Waals surface area contributed by atoms with Crippen LogP contribution in [0.25, 0.3) is 11.1 Å². The number of benzene rings is 1. The van der Waals surface area contributed by atoms with E-state index in [9.17, 15) is 9.59 Å². The SMILES string of the molecule is CC1CCCCC1N(C)C(=O)CCn1c(=O)oc2ccccc21. The molecule has 0 bridgehead atoms. The van der Waals surface area contributed by atoms with Crippen LogP contribution in [0.3, 0.4) is 0 Å². The predicted octanol–water partition coefficient (Wildman–Crippen LogP) is 3.02. The monoisotopic (exact) mass is 316 g/mol. The Morgan fingerprint density at radius 1 is 1.30 bits per heavy atom. The molecule has 2 aromatic rings. The lowest BCUT2D eigenvalue weighted by atomic mass is 9.85. The van der Waals surface area contributed by atoms with Gasteiger partial charge in [-0.15, -0.1) is 0 Å². The Labute approximate surface area is 135 Å². The number of fused-ring (bicyclic) bond motifs is 1. The van der Waals surface area contributed by atoms with Gasteiger partial charge in [0.2, 0.25) is 5.91 Å². The first kappa shape index (κ1) is 15.8. The van der Waals surface area contributed by atoms with E-state index in [-0.39, 0.29) is 5.91 Å². The van der Waals surface area contributed by atoms with Crippen molar-refractivity contribution in [1.29, 1.82) is 0 Å². The van der Waals surface area contributed by atoms with Crippen LogP contribution in [0, 0.1) is 5.92 Å². The summed E-state index contributed by atoms with van der Waals surface area (Å²) < 4.78 is 6.75. The van der Waals surface area contributed by atoms with E-state index in [1.54, 1.807) is 10.6 Å². The van der Waals surface area contributed by atoms with Crippen LogP contribution in [-0.4, -0.2) is 28.5 Å². The Hall–Kier alpha value is -2.04. The highest BCUT2D eigenvalue weighted by molar-refractivity contribution is 5.77. The quantitative estimate of drug-likeness (QED) is 0.871. The summed E-state index contributed by atoms with van der Waals surface area (Å²) in [5.41, 5.74) is 1.32. The lowest BCUT2D eigenvalue weighted by Crippen LogP contribution is -2.43. The van der Waals surface area contributed by atoms with Crippen LogP contribution < -0.4 is 5.76 Å². The van der Waals surface area contributed by atoms with Crippen molar-refractivity contribution in [3.05, 3.63) is 34.8 Å². The van der Waals surface area contributed by atoms with E-state index in [0.717, 1.165) is 11.9 Å². The van der Waals surface area contributed by atoms with Gasteiger partial charge >= 0.3 is 5.76 Å². The lowest BCUT2D eigenvalue weighted by Gasteiger charge is -2.36. The number of rotatable bonds is 4. The average molecular weight is 316 g/mol. The summed E-state index contributed by atoms with van der Waals surface area (Å²) in [5.74, 6) is 0.254. The molecule has 0 N–H and O–H groups in total. The number of amides is 1. The summed E-state index contributed by atoms with van der Waals surface area (Å²) in [6.07, 6.45) is 5.05. The maximum atomic E-state index is 12.5. The number of aryl methyl sites for hydroxylation is 1. The molecule has 1 fully saturated rings. The fourth-order valence-corrected chi connectivity index (χ4v) is 3.67. The number of oxazole rings is 1. The summed E-state index contributed by atoms with van der Waals surface area (Å²) in [5, 5.41) is 0. The van der Waals surface area contributed by atoms with E-state index in [1.165, 1.54) is 19.3 Å². The largest absolute Gasteiger partial charge is 0.419 e. The molecular formula is C18H24N2O3. The van der Waals surface area contributed by atoms with Gasteiger partial charge in [0.05, 0.1) is 5.52 Å². The third kappa shape index (κ3) is 3.19. The molecule has 1 aliphatic rings. The standard InChI is InChI=1S/C18H24N2O3/c1-13-7-3-4-8-14(13)19(2)17(21)11-12-20-15-9-5-6-10-16(15)23-18(20)22/h5-6,9-10,13-14H,3-4,7-8,11-12H2,1-2H3. The van der Waals surface area contributed by atoms with Crippen LogP contribution in [0.1, 0.15) is 39.0 Å². The summed E-state index contributed by atoms with van der Waals surface area (Å²) in [7, 11) is 1.89. The zero-order valence-corrected chi connectivity index (χ0v) is 13.8. The van der Waals surface area contributed by atoms with Crippen LogP contribution in [0.2, 0.25) is 0 Å². The number of carbonyl (C=O) groups is 1. The molecule has 1 aliphatic carbocycles. The zero-order chi connectivity index (χ0) is 16.4. The second-order valence-electron chi connectivity index (χ2n) is 6.57. The van der Waals surface area contributed by atoms with E-state index in [4.69, 9.17) is 4.42 Å². The van der Waals surface area contributed by atoms with Crippen LogP contribution >= 0.6 is 0 Å². The molecule has 0 spiro atoms. The molecule has 2 atom stereocenters. The van der Waals surface area contributed by atoms with Crippen molar-refractivity contribution in [3.63, 3.8) is 0 Å². The van der Waals surface area contributed by atoms with Crippen molar-refractivity contribution in [3.8, 4) is 0 Å². The van der Waals surface area contributed by atoms with Gasteiger partial charge in [-0.1, -0.05) is 31.9 Å². The third-order valence-electron chi connectivity index (χ3n) is 5.08. The molecule has 5 heteroatoms. The Morgan fingerprint density at radius 2 is 2.04 bits per heavy atom. The molecule has 23 heavy (non-hydrogen) atoms. The van der Waals surface area contributed by atoms with Gasteiger partial charge in [0.1, 0.15) is 0 Å². The van der Waals surface area contributed by atoms with Crippen molar-refractivity contribution in [1.82, 2.24) is 9.47 Å². The van der Waals surface area contributed by atoms with Crippen molar-refractivity contribution in [2.24, 2.45) is 5.92 Å². The minimum absolute atomic E-state index is 0.0981. The molecule has 2 unspecified atom stereocenters. The first-order valence-electron chi connectivity index (χ1n) is 8.42. The summed E-state index contributed by atoms with van der Waals surface area (Å²) in [6, 6.07) is 7.64. The average Bonchev–Trinajstić information content (AvgIpc) is 2.87. The highest BCUT2D eigenvalue weighted by atomic mass is 16.4. The number of aromatic nitrogens is 1. The second kappa shape index (κ2) is 6.60. The molecule has 5 nitrogen and oxygen atoms in total. The Morgan fingerprint density at radius 3 is 2.83 bits per heavy atom. The molecular weight excluding hydrogens is 292 g/mol. The normalized spacial score (nSPS) is 21.5. The molecule has 3 rings (SSSR count). The summed E-state index contributed by atoms with van der Waals surface area (Å²) >= 11 is 0. The van der Waals surface area contributed by atoms with Crippen molar-refractivity contribution < 1.29 is 9.21 Å². The van der Waals surface area contributed by atoms with Gasteiger partial charge in [-0.05, 0) is 30.9 Å². The second-order valence-corrected chi connectivity index (χ2v) is 6.57. The Bertz CT molecular complexity index is 746. The molecule has 0 saturated heterocycles. The van der Waals surface area contributed by atoms with Gasteiger partial charge in [0, 0.05) is 26.1 Å². The molecule has 0 aliphatic heterocycles. The van der Waals surface area contributed by atoms with Crippen molar-refractivity contribution in [2.75, 3.05) is 7.05 Å². The molecule has 1 amide bonds. The predicted molar refractivity (Wildman–Crippen MR) is 89.3 cm³/mol. The van der Waals surface area contributed by atoms with Gasteiger partial charge in [-0.3, -0.25) is 9.36 Å². The van der Waals surface area contributed by atoms with Gasteiger partial charge in [-0.25, -0.2) is 4.79 Å². The van der Waals surface area contributed by atoms with Crippen LogP contribution in [0.4, 0.5) is 0 Å². The summed E-state index contributed by atoms with van der Waals surface area (Å²) in [6.45, 7) is 2.59. The molecule has 1 heterocycles. The highest BCUT2D eigenvalue weighted by Crippen LogP contribution is 2.27. The molecule has 0 radical (unpaired) electrons. The highest BCUT2D eigenvalue weighted by Gasteiger charge is 2.27. The van der Waals surface area contributed by atoms with Crippen molar-refractivity contribution in [2.45, 2.75) is 51.6 Å². The number of hydrogen-bond acceptors (Lipinski definition) is 3. The van der Waals surface area contributed by atoms with Gasteiger partial charge in [0.15, 0.2) is 5.58 Å². The summed E-state index contributed by atoms with van der Waals surface area (Å²) in [4.78, 5) is 26.3. The minimum Gasteiger partial charge on any atom is -0.408 e. The maximum absolute atomic E-state index is 12.5. The molecule has 1 aromatic carbocycles. The number of para-hydroxylation sites is 2. The minimum atomic E-state index is -0.396. The van der Waals surface area contributed by atoms with Crippen molar-refractivity contribution >= 4 is 17.0 Å². The molecule has 1 aromatic heterocycles. The Balaban J connectivity index is 1.68.